The van der Waals surface area contributed by atoms with Crippen LogP contribution < -0.4 is 10.9 Å². The number of benzene rings is 1. The summed E-state index contributed by atoms with van der Waals surface area (Å²) in [4.78, 5) is 28.1. The molecule has 0 aliphatic rings. The van der Waals surface area contributed by atoms with Crippen LogP contribution >= 0.6 is 11.3 Å². The van der Waals surface area contributed by atoms with Gasteiger partial charge >= 0.3 is 0 Å². The van der Waals surface area contributed by atoms with E-state index in [1.54, 1.807) is 17.4 Å². The van der Waals surface area contributed by atoms with Crippen molar-refractivity contribution in [1.29, 1.82) is 0 Å². The molecule has 0 bridgehead atoms. The van der Waals surface area contributed by atoms with Crippen LogP contribution in [0.2, 0.25) is 0 Å². The topological polar surface area (TPSA) is 62.0 Å². The van der Waals surface area contributed by atoms with E-state index in [-0.39, 0.29) is 11.5 Å². The van der Waals surface area contributed by atoms with Gasteiger partial charge in [0.2, 0.25) is 0 Å². The Balaban J connectivity index is 1.72. The van der Waals surface area contributed by atoms with Gasteiger partial charge in [0.25, 0.3) is 11.5 Å². The number of hydrogen-bond acceptors (Lipinski definition) is 3. The number of nitrogens with one attached hydrogen (secondary N) is 2. The van der Waals surface area contributed by atoms with Crippen LogP contribution in [0.25, 0.3) is 11.1 Å². The minimum Gasteiger partial charge on any atom is -0.352 e. The van der Waals surface area contributed by atoms with Gasteiger partial charge in [-0.15, -0.1) is 11.3 Å². The quantitative estimate of drug-likeness (QED) is 0.757. The molecule has 0 aliphatic heterocycles. The van der Waals surface area contributed by atoms with Crippen LogP contribution in [-0.4, -0.2) is 17.4 Å². The summed E-state index contributed by atoms with van der Waals surface area (Å²) in [6, 6.07) is 15.0. The molecule has 3 aromatic rings. The van der Waals surface area contributed by atoms with Crippen LogP contribution in [0.15, 0.2) is 64.9 Å². The Labute approximate surface area is 137 Å². The smallest absolute Gasteiger partial charge is 0.255 e. The fourth-order valence-corrected chi connectivity index (χ4v) is 3.01. The Morgan fingerprint density at radius 1 is 1.13 bits per heavy atom. The highest BCUT2D eigenvalue weighted by Crippen LogP contribution is 2.15. The molecule has 0 saturated heterocycles. The molecule has 23 heavy (non-hydrogen) atoms. The lowest BCUT2D eigenvalue weighted by molar-refractivity contribution is 0.0954. The SMILES string of the molecule is O=C(NCCc1cccs1)c1c[nH]c(=O)c(-c2ccccc2)c1. The highest BCUT2D eigenvalue weighted by Gasteiger charge is 2.10. The zero-order valence-corrected chi connectivity index (χ0v) is 13.2. The highest BCUT2D eigenvalue weighted by molar-refractivity contribution is 7.09. The van der Waals surface area contributed by atoms with E-state index in [9.17, 15) is 9.59 Å². The number of thiophene rings is 1. The van der Waals surface area contributed by atoms with E-state index in [0.29, 0.717) is 17.7 Å². The molecule has 2 aromatic heterocycles. The maximum Gasteiger partial charge on any atom is 0.255 e. The first-order valence-electron chi connectivity index (χ1n) is 7.33. The summed E-state index contributed by atoms with van der Waals surface area (Å²) in [5.41, 5.74) is 1.54. The van der Waals surface area contributed by atoms with Gasteiger partial charge in [-0.25, -0.2) is 0 Å². The van der Waals surface area contributed by atoms with E-state index in [2.05, 4.69) is 10.3 Å². The molecule has 1 aromatic carbocycles. The molecule has 0 radical (unpaired) electrons. The number of amides is 1. The molecule has 116 valence electrons. The second-order valence-corrected chi connectivity index (χ2v) is 6.11. The highest BCUT2D eigenvalue weighted by atomic mass is 32.1. The molecular formula is C18H16N2O2S. The standard InChI is InChI=1S/C18H16N2O2S/c21-17(19-9-8-15-7-4-10-23-15)14-11-16(18(22)20-12-14)13-5-2-1-3-6-13/h1-7,10-12H,8-9H2,(H,19,21)(H,20,22). The average molecular weight is 324 g/mol. The van der Waals surface area contributed by atoms with Crippen molar-refractivity contribution < 1.29 is 4.79 Å². The number of aromatic amines is 1. The number of hydrogen-bond donors (Lipinski definition) is 2. The lowest BCUT2D eigenvalue weighted by atomic mass is 10.1. The minimum absolute atomic E-state index is 0.185. The minimum atomic E-state index is -0.202. The molecule has 2 N–H and O–H groups in total. The maximum atomic E-state index is 12.2. The molecule has 0 fully saturated rings. The molecule has 0 aliphatic carbocycles. The van der Waals surface area contributed by atoms with E-state index in [0.717, 1.165) is 12.0 Å². The Morgan fingerprint density at radius 2 is 1.96 bits per heavy atom. The van der Waals surface area contributed by atoms with E-state index in [4.69, 9.17) is 0 Å². The van der Waals surface area contributed by atoms with Crippen molar-refractivity contribution in [3.05, 3.63) is 80.9 Å². The van der Waals surface area contributed by atoms with Crippen LogP contribution in [-0.2, 0) is 6.42 Å². The summed E-state index contributed by atoms with van der Waals surface area (Å²) in [5.74, 6) is -0.185. The number of H-pyrrole nitrogens is 1. The number of carbonyl (C=O) groups is 1. The second kappa shape index (κ2) is 7.07. The van der Waals surface area contributed by atoms with Gasteiger partial charge in [-0.3, -0.25) is 9.59 Å². The summed E-state index contributed by atoms with van der Waals surface area (Å²) in [5, 5.41) is 4.90. The molecule has 0 atom stereocenters. The Kier molecular flexibility index (Phi) is 4.68. The molecule has 5 heteroatoms. The van der Waals surface area contributed by atoms with Gasteiger partial charge in [-0.1, -0.05) is 36.4 Å². The molecule has 0 unspecified atom stereocenters. The van der Waals surface area contributed by atoms with Gasteiger partial charge in [0, 0.05) is 23.2 Å². The molecule has 3 rings (SSSR count). The van der Waals surface area contributed by atoms with Gasteiger partial charge in [-0.05, 0) is 29.5 Å². The van der Waals surface area contributed by atoms with E-state index in [1.165, 1.54) is 11.1 Å². The van der Waals surface area contributed by atoms with Gasteiger partial charge in [0.05, 0.1) is 5.56 Å². The third kappa shape index (κ3) is 3.76. The first kappa shape index (κ1) is 15.2. The predicted molar refractivity (Wildman–Crippen MR) is 92.9 cm³/mol. The number of pyridine rings is 1. The summed E-state index contributed by atoms with van der Waals surface area (Å²) < 4.78 is 0. The van der Waals surface area contributed by atoms with E-state index < -0.39 is 0 Å². The van der Waals surface area contributed by atoms with Gasteiger partial charge < -0.3 is 10.3 Å². The summed E-state index contributed by atoms with van der Waals surface area (Å²) >= 11 is 1.67. The first-order chi connectivity index (χ1) is 11.2. The lowest BCUT2D eigenvalue weighted by Gasteiger charge is -2.06. The number of rotatable bonds is 5. The predicted octanol–water partition coefficient (Wildman–Crippen LogP) is 3.08. The van der Waals surface area contributed by atoms with Crippen molar-refractivity contribution in [2.24, 2.45) is 0 Å². The average Bonchev–Trinajstić information content (AvgIpc) is 3.09. The largest absolute Gasteiger partial charge is 0.352 e. The van der Waals surface area contributed by atoms with Crippen molar-refractivity contribution in [1.82, 2.24) is 10.3 Å². The fourth-order valence-electron chi connectivity index (χ4n) is 2.30. The first-order valence-corrected chi connectivity index (χ1v) is 8.21. The molecular weight excluding hydrogens is 308 g/mol. The van der Waals surface area contributed by atoms with Crippen molar-refractivity contribution in [3.63, 3.8) is 0 Å². The summed E-state index contributed by atoms with van der Waals surface area (Å²) in [6.45, 7) is 0.569. The Bertz CT molecular complexity index is 839. The Hall–Kier alpha value is -2.66. The zero-order chi connectivity index (χ0) is 16.1. The van der Waals surface area contributed by atoms with Crippen molar-refractivity contribution in [3.8, 4) is 11.1 Å². The number of carbonyl (C=O) groups excluding carboxylic acids is 1. The van der Waals surface area contributed by atoms with E-state index in [1.807, 2.05) is 47.8 Å². The van der Waals surface area contributed by atoms with Crippen LogP contribution in [0.1, 0.15) is 15.2 Å². The normalized spacial score (nSPS) is 10.4. The molecule has 0 saturated carbocycles. The van der Waals surface area contributed by atoms with Gasteiger partial charge in [0.1, 0.15) is 0 Å². The monoisotopic (exact) mass is 324 g/mol. The van der Waals surface area contributed by atoms with Crippen LogP contribution in [0.5, 0.6) is 0 Å². The van der Waals surface area contributed by atoms with Gasteiger partial charge in [-0.2, -0.15) is 0 Å². The second-order valence-electron chi connectivity index (χ2n) is 5.08. The lowest BCUT2D eigenvalue weighted by Crippen LogP contribution is -2.26. The number of aromatic nitrogens is 1. The van der Waals surface area contributed by atoms with Gasteiger partial charge in [0.15, 0.2) is 0 Å². The third-order valence-electron chi connectivity index (χ3n) is 3.49. The van der Waals surface area contributed by atoms with Crippen LogP contribution in [0.4, 0.5) is 0 Å². The van der Waals surface area contributed by atoms with Crippen molar-refractivity contribution >= 4 is 17.2 Å². The van der Waals surface area contributed by atoms with Crippen LogP contribution in [0, 0.1) is 0 Å². The zero-order valence-electron chi connectivity index (χ0n) is 12.4. The molecule has 0 spiro atoms. The van der Waals surface area contributed by atoms with Crippen LogP contribution in [0.3, 0.4) is 0 Å². The Morgan fingerprint density at radius 3 is 2.70 bits per heavy atom. The third-order valence-corrected chi connectivity index (χ3v) is 4.42. The molecule has 1 amide bonds. The fraction of sp³-hybridized carbons (Fsp3) is 0.111. The van der Waals surface area contributed by atoms with Crippen molar-refractivity contribution in [2.45, 2.75) is 6.42 Å². The van der Waals surface area contributed by atoms with E-state index >= 15 is 0 Å². The maximum absolute atomic E-state index is 12.2. The molecule has 4 nitrogen and oxygen atoms in total. The summed E-state index contributed by atoms with van der Waals surface area (Å²) in [7, 11) is 0. The molecule has 2 heterocycles. The van der Waals surface area contributed by atoms with Crippen molar-refractivity contribution in [2.75, 3.05) is 6.54 Å². The summed E-state index contributed by atoms with van der Waals surface area (Å²) in [6.07, 6.45) is 2.26.